The van der Waals surface area contributed by atoms with Crippen LogP contribution >= 0.6 is 0 Å². The number of nitrogens with zero attached hydrogens (tertiary/aromatic N) is 1. The third-order valence-corrected chi connectivity index (χ3v) is 4.38. The van der Waals surface area contributed by atoms with Gasteiger partial charge in [-0.05, 0) is 58.5 Å². The second-order valence-corrected chi connectivity index (χ2v) is 5.92. The highest BCUT2D eigenvalue weighted by Crippen LogP contribution is 2.27. The zero-order valence-corrected chi connectivity index (χ0v) is 11.0. The highest BCUT2D eigenvalue weighted by molar-refractivity contribution is 4.82. The van der Waals surface area contributed by atoms with Crippen molar-refractivity contribution in [2.75, 3.05) is 19.6 Å². The monoisotopic (exact) mass is 224 g/mol. The molecule has 0 bridgehead atoms. The van der Waals surface area contributed by atoms with Crippen molar-refractivity contribution in [3.8, 4) is 0 Å². The van der Waals surface area contributed by atoms with Crippen LogP contribution < -0.4 is 5.32 Å². The standard InChI is InChI=1S/C14H28N2/c1-12(2)16(14-5-3-4-6-14)11-13-7-9-15-10-8-13/h12-15H,3-11H2,1-2H3. The van der Waals surface area contributed by atoms with Crippen molar-refractivity contribution in [3.05, 3.63) is 0 Å². The number of rotatable bonds is 4. The van der Waals surface area contributed by atoms with Crippen molar-refractivity contribution in [2.45, 2.75) is 64.5 Å². The van der Waals surface area contributed by atoms with Crippen molar-refractivity contribution in [1.29, 1.82) is 0 Å². The predicted octanol–water partition coefficient (Wildman–Crippen LogP) is 2.64. The fourth-order valence-corrected chi connectivity index (χ4v) is 3.38. The molecule has 0 aromatic rings. The summed E-state index contributed by atoms with van der Waals surface area (Å²) in [7, 11) is 0. The predicted molar refractivity (Wildman–Crippen MR) is 69.7 cm³/mol. The lowest BCUT2D eigenvalue weighted by Gasteiger charge is -2.37. The molecule has 1 heterocycles. The molecule has 1 saturated heterocycles. The quantitative estimate of drug-likeness (QED) is 0.790. The van der Waals surface area contributed by atoms with Gasteiger partial charge in [-0.1, -0.05) is 12.8 Å². The molecule has 0 aromatic heterocycles. The minimum Gasteiger partial charge on any atom is -0.317 e. The van der Waals surface area contributed by atoms with Gasteiger partial charge in [0.05, 0.1) is 0 Å². The summed E-state index contributed by atoms with van der Waals surface area (Å²) in [4.78, 5) is 2.79. The van der Waals surface area contributed by atoms with Gasteiger partial charge in [-0.2, -0.15) is 0 Å². The Hall–Kier alpha value is -0.0800. The molecule has 16 heavy (non-hydrogen) atoms. The van der Waals surface area contributed by atoms with E-state index in [-0.39, 0.29) is 0 Å². The van der Waals surface area contributed by atoms with E-state index in [0.717, 1.165) is 18.0 Å². The van der Waals surface area contributed by atoms with Gasteiger partial charge in [-0.15, -0.1) is 0 Å². The van der Waals surface area contributed by atoms with E-state index in [2.05, 4.69) is 24.1 Å². The van der Waals surface area contributed by atoms with Crippen LogP contribution in [-0.2, 0) is 0 Å². The van der Waals surface area contributed by atoms with Crippen LogP contribution in [0.25, 0.3) is 0 Å². The zero-order chi connectivity index (χ0) is 11.4. The Kier molecular flexibility index (Phi) is 4.66. The van der Waals surface area contributed by atoms with Crippen LogP contribution in [0.15, 0.2) is 0 Å². The molecular weight excluding hydrogens is 196 g/mol. The van der Waals surface area contributed by atoms with E-state index in [1.807, 2.05) is 0 Å². The molecule has 1 aliphatic heterocycles. The van der Waals surface area contributed by atoms with E-state index in [1.165, 1.54) is 58.2 Å². The first-order valence-electron chi connectivity index (χ1n) is 7.24. The lowest BCUT2D eigenvalue weighted by molar-refractivity contribution is 0.118. The first-order valence-corrected chi connectivity index (χ1v) is 7.24. The molecular formula is C14H28N2. The van der Waals surface area contributed by atoms with Gasteiger partial charge in [0.2, 0.25) is 0 Å². The maximum atomic E-state index is 3.47. The normalized spacial score (nSPS) is 24.8. The summed E-state index contributed by atoms with van der Waals surface area (Å²) in [5.41, 5.74) is 0. The molecule has 1 N–H and O–H groups in total. The topological polar surface area (TPSA) is 15.3 Å². The Labute approximate surface area is 101 Å². The van der Waals surface area contributed by atoms with Gasteiger partial charge in [0.1, 0.15) is 0 Å². The average molecular weight is 224 g/mol. The van der Waals surface area contributed by atoms with E-state index in [4.69, 9.17) is 0 Å². The molecule has 0 aromatic carbocycles. The Bertz CT molecular complexity index is 191. The molecule has 2 nitrogen and oxygen atoms in total. The minimum atomic E-state index is 0.734. The summed E-state index contributed by atoms with van der Waals surface area (Å²) < 4.78 is 0. The van der Waals surface area contributed by atoms with Gasteiger partial charge >= 0.3 is 0 Å². The van der Waals surface area contributed by atoms with Crippen molar-refractivity contribution in [3.63, 3.8) is 0 Å². The maximum absolute atomic E-state index is 3.47. The number of hydrogen-bond donors (Lipinski definition) is 1. The number of hydrogen-bond acceptors (Lipinski definition) is 2. The smallest absolute Gasteiger partial charge is 0.00980 e. The van der Waals surface area contributed by atoms with Crippen LogP contribution in [0, 0.1) is 5.92 Å². The van der Waals surface area contributed by atoms with Gasteiger partial charge in [0.15, 0.2) is 0 Å². The summed E-state index contributed by atoms with van der Waals surface area (Å²) in [6.45, 7) is 8.57. The second-order valence-electron chi connectivity index (χ2n) is 5.92. The van der Waals surface area contributed by atoms with E-state index in [1.54, 1.807) is 0 Å². The van der Waals surface area contributed by atoms with E-state index in [9.17, 15) is 0 Å². The molecule has 0 spiro atoms. The lowest BCUT2D eigenvalue weighted by Crippen LogP contribution is -2.44. The van der Waals surface area contributed by atoms with Gasteiger partial charge in [-0.3, -0.25) is 4.90 Å². The second kappa shape index (κ2) is 6.02. The van der Waals surface area contributed by atoms with Gasteiger partial charge in [0.25, 0.3) is 0 Å². The zero-order valence-electron chi connectivity index (χ0n) is 11.0. The number of nitrogens with one attached hydrogen (secondary N) is 1. The maximum Gasteiger partial charge on any atom is 0.00980 e. The van der Waals surface area contributed by atoms with E-state index in [0.29, 0.717) is 0 Å². The summed E-state index contributed by atoms with van der Waals surface area (Å²) in [5, 5.41) is 3.47. The molecule has 1 saturated carbocycles. The largest absolute Gasteiger partial charge is 0.317 e. The molecule has 1 aliphatic carbocycles. The molecule has 0 atom stereocenters. The Balaban J connectivity index is 1.85. The van der Waals surface area contributed by atoms with E-state index < -0.39 is 0 Å². The first-order chi connectivity index (χ1) is 7.77. The van der Waals surface area contributed by atoms with Gasteiger partial charge < -0.3 is 5.32 Å². The highest BCUT2D eigenvalue weighted by atomic mass is 15.2. The fraction of sp³-hybridized carbons (Fsp3) is 1.00. The molecule has 2 fully saturated rings. The van der Waals surface area contributed by atoms with Crippen molar-refractivity contribution < 1.29 is 0 Å². The van der Waals surface area contributed by atoms with Crippen molar-refractivity contribution >= 4 is 0 Å². The summed E-state index contributed by atoms with van der Waals surface area (Å²) in [5.74, 6) is 0.948. The van der Waals surface area contributed by atoms with Crippen LogP contribution in [-0.4, -0.2) is 36.6 Å². The molecule has 94 valence electrons. The Morgan fingerprint density at radius 2 is 1.69 bits per heavy atom. The summed E-state index contributed by atoms with van der Waals surface area (Å²) in [6.07, 6.45) is 8.58. The van der Waals surface area contributed by atoms with Crippen LogP contribution in [0.1, 0.15) is 52.4 Å². The molecule has 0 unspecified atom stereocenters. The Morgan fingerprint density at radius 1 is 1.06 bits per heavy atom. The first kappa shape index (κ1) is 12.4. The van der Waals surface area contributed by atoms with E-state index >= 15 is 0 Å². The van der Waals surface area contributed by atoms with Crippen LogP contribution in [0.2, 0.25) is 0 Å². The third-order valence-electron chi connectivity index (χ3n) is 4.38. The molecule has 2 aliphatic rings. The summed E-state index contributed by atoms with van der Waals surface area (Å²) >= 11 is 0. The fourth-order valence-electron chi connectivity index (χ4n) is 3.38. The van der Waals surface area contributed by atoms with Crippen LogP contribution in [0.4, 0.5) is 0 Å². The highest BCUT2D eigenvalue weighted by Gasteiger charge is 2.27. The number of piperidine rings is 1. The summed E-state index contributed by atoms with van der Waals surface area (Å²) in [6, 6.07) is 1.63. The minimum absolute atomic E-state index is 0.734. The van der Waals surface area contributed by atoms with Crippen LogP contribution in [0.5, 0.6) is 0 Å². The van der Waals surface area contributed by atoms with Crippen LogP contribution in [0.3, 0.4) is 0 Å². The molecule has 2 rings (SSSR count). The molecule has 0 amide bonds. The molecule has 2 heteroatoms. The van der Waals surface area contributed by atoms with Gasteiger partial charge in [0, 0.05) is 18.6 Å². The molecule has 0 radical (unpaired) electrons. The van der Waals surface area contributed by atoms with Crippen molar-refractivity contribution in [2.24, 2.45) is 5.92 Å². The SMILES string of the molecule is CC(C)N(CC1CCNCC1)C1CCCC1. The lowest BCUT2D eigenvalue weighted by atomic mass is 9.96. The van der Waals surface area contributed by atoms with Gasteiger partial charge in [-0.25, -0.2) is 0 Å². The Morgan fingerprint density at radius 3 is 2.25 bits per heavy atom. The third kappa shape index (κ3) is 3.21. The van der Waals surface area contributed by atoms with Crippen molar-refractivity contribution in [1.82, 2.24) is 10.2 Å². The average Bonchev–Trinajstić information content (AvgIpc) is 2.80.